The average molecular weight is 423 g/mol. The predicted molar refractivity (Wildman–Crippen MR) is 106 cm³/mol. The molecule has 2 amide bonds. The first kappa shape index (κ1) is 19.3. The third-order valence-electron chi connectivity index (χ3n) is 3.29. The smallest absolute Gasteiger partial charge is 0.234 e. The molecule has 2 rings (SSSR count). The molecule has 2 N–H and O–H groups in total. The molecule has 0 aromatic heterocycles. The van der Waals surface area contributed by atoms with Gasteiger partial charge in [-0.1, -0.05) is 15.9 Å². The van der Waals surface area contributed by atoms with E-state index in [-0.39, 0.29) is 11.8 Å². The Hall–Kier alpha value is -1.99. The number of thioether (sulfide) groups is 1. The quantitative estimate of drug-likeness (QED) is 0.674. The van der Waals surface area contributed by atoms with Gasteiger partial charge >= 0.3 is 0 Å². The van der Waals surface area contributed by atoms with E-state index in [9.17, 15) is 9.59 Å². The van der Waals surface area contributed by atoms with Crippen LogP contribution in [0.3, 0.4) is 0 Å². The average Bonchev–Trinajstić information content (AvgIpc) is 2.54. The van der Waals surface area contributed by atoms with Gasteiger partial charge in [-0.05, 0) is 48.9 Å². The second-order valence-electron chi connectivity index (χ2n) is 5.34. The lowest BCUT2D eigenvalue weighted by atomic mass is 10.2. The van der Waals surface area contributed by atoms with Crippen molar-refractivity contribution in [2.24, 2.45) is 0 Å². The molecule has 0 heterocycles. The number of carbonyl (C=O) groups is 2. The minimum Gasteiger partial charge on any atom is -0.495 e. The van der Waals surface area contributed by atoms with Gasteiger partial charge in [0.1, 0.15) is 5.75 Å². The number of carbonyl (C=O) groups excluding carboxylic acids is 2. The van der Waals surface area contributed by atoms with Crippen molar-refractivity contribution in [3.05, 3.63) is 46.4 Å². The van der Waals surface area contributed by atoms with E-state index in [2.05, 4.69) is 26.6 Å². The summed E-state index contributed by atoms with van der Waals surface area (Å²) in [4.78, 5) is 24.5. The van der Waals surface area contributed by atoms with Gasteiger partial charge < -0.3 is 15.4 Å². The van der Waals surface area contributed by atoms with Gasteiger partial charge in [0.15, 0.2) is 0 Å². The maximum Gasteiger partial charge on any atom is 0.234 e. The molecular formula is C18H19BrN2O3S. The van der Waals surface area contributed by atoms with Crippen LogP contribution in [0, 0.1) is 6.92 Å². The number of amides is 2. The number of nitrogens with one attached hydrogen (secondary N) is 2. The van der Waals surface area contributed by atoms with Crippen molar-refractivity contribution in [1.82, 2.24) is 0 Å². The Balaban J connectivity index is 2.01. The number of hydrogen-bond acceptors (Lipinski definition) is 4. The Morgan fingerprint density at radius 3 is 2.56 bits per heavy atom. The molecule has 2 aromatic rings. The van der Waals surface area contributed by atoms with Gasteiger partial charge in [-0.25, -0.2) is 0 Å². The first-order chi connectivity index (χ1) is 11.9. The first-order valence-electron chi connectivity index (χ1n) is 7.53. The van der Waals surface area contributed by atoms with Gasteiger partial charge in [-0.2, -0.15) is 0 Å². The molecule has 0 radical (unpaired) electrons. The van der Waals surface area contributed by atoms with Crippen molar-refractivity contribution >= 4 is 50.9 Å². The number of hydrogen-bond donors (Lipinski definition) is 2. The topological polar surface area (TPSA) is 67.4 Å². The highest BCUT2D eigenvalue weighted by molar-refractivity contribution is 9.10. The number of anilines is 2. The SMILES string of the molecule is COc1ccc(NC(=O)CSc2ccc(Br)cc2C)cc1NC(C)=O. The van der Waals surface area contributed by atoms with Crippen LogP contribution in [0.15, 0.2) is 45.8 Å². The molecule has 5 nitrogen and oxygen atoms in total. The molecule has 0 aliphatic heterocycles. The van der Waals surface area contributed by atoms with Crippen LogP contribution in [0.5, 0.6) is 5.75 Å². The van der Waals surface area contributed by atoms with Crippen molar-refractivity contribution in [2.75, 3.05) is 23.5 Å². The van der Waals surface area contributed by atoms with Gasteiger partial charge in [0, 0.05) is 22.0 Å². The summed E-state index contributed by atoms with van der Waals surface area (Å²) < 4.78 is 6.22. The van der Waals surface area contributed by atoms with Crippen LogP contribution in [-0.2, 0) is 9.59 Å². The Bertz CT molecular complexity index is 796. The molecule has 0 atom stereocenters. The van der Waals surface area contributed by atoms with Gasteiger partial charge in [-0.3, -0.25) is 9.59 Å². The minimum absolute atomic E-state index is 0.119. The fourth-order valence-corrected chi connectivity index (χ4v) is 3.47. The summed E-state index contributed by atoms with van der Waals surface area (Å²) in [7, 11) is 1.52. The standard InChI is InChI=1S/C18H19BrN2O3S/c1-11-8-13(19)4-7-17(11)25-10-18(23)21-14-5-6-16(24-3)15(9-14)20-12(2)22/h4-9H,10H2,1-3H3,(H,20,22)(H,21,23). The monoisotopic (exact) mass is 422 g/mol. The molecule has 25 heavy (non-hydrogen) atoms. The van der Waals surface area contributed by atoms with Crippen LogP contribution in [0.25, 0.3) is 0 Å². The van der Waals surface area contributed by atoms with Crippen LogP contribution in [0.4, 0.5) is 11.4 Å². The summed E-state index contributed by atoms with van der Waals surface area (Å²) in [6.45, 7) is 3.43. The van der Waals surface area contributed by atoms with Crippen LogP contribution < -0.4 is 15.4 Å². The van der Waals surface area contributed by atoms with Crippen molar-refractivity contribution in [2.45, 2.75) is 18.7 Å². The third kappa shape index (κ3) is 5.79. The molecule has 0 saturated heterocycles. The summed E-state index contributed by atoms with van der Waals surface area (Å²) in [5.74, 6) is 0.506. The molecule has 0 bridgehead atoms. The van der Waals surface area contributed by atoms with Crippen LogP contribution in [0.1, 0.15) is 12.5 Å². The summed E-state index contributed by atoms with van der Waals surface area (Å²) in [6, 6.07) is 11.1. The van der Waals surface area contributed by atoms with E-state index < -0.39 is 0 Å². The molecule has 7 heteroatoms. The van der Waals surface area contributed by atoms with Crippen molar-refractivity contribution in [3.63, 3.8) is 0 Å². The molecule has 0 saturated carbocycles. The highest BCUT2D eigenvalue weighted by atomic mass is 79.9. The number of aryl methyl sites for hydroxylation is 1. The van der Waals surface area contributed by atoms with E-state index in [1.807, 2.05) is 25.1 Å². The van der Waals surface area contributed by atoms with Crippen molar-refractivity contribution < 1.29 is 14.3 Å². The lowest BCUT2D eigenvalue weighted by Gasteiger charge is -2.12. The molecule has 0 spiro atoms. The molecular weight excluding hydrogens is 404 g/mol. The van der Waals surface area contributed by atoms with Crippen LogP contribution >= 0.6 is 27.7 Å². The van der Waals surface area contributed by atoms with Gasteiger partial charge in [0.2, 0.25) is 11.8 Å². The summed E-state index contributed by atoms with van der Waals surface area (Å²) >= 11 is 4.91. The number of ether oxygens (including phenoxy) is 1. The Kier molecular flexibility index (Phi) is 6.90. The van der Waals surface area contributed by atoms with E-state index in [0.29, 0.717) is 22.9 Å². The van der Waals surface area contributed by atoms with E-state index in [1.165, 1.54) is 25.8 Å². The summed E-state index contributed by atoms with van der Waals surface area (Å²) in [5.41, 5.74) is 2.23. The third-order valence-corrected chi connectivity index (χ3v) is 4.96. The van der Waals surface area contributed by atoms with Crippen molar-refractivity contribution in [3.8, 4) is 5.75 Å². The number of methoxy groups -OCH3 is 1. The maximum absolute atomic E-state index is 12.2. The molecule has 0 unspecified atom stereocenters. The Labute approximate surface area is 159 Å². The lowest BCUT2D eigenvalue weighted by Crippen LogP contribution is -2.15. The van der Waals surface area contributed by atoms with E-state index in [1.54, 1.807) is 18.2 Å². The fraction of sp³-hybridized carbons (Fsp3) is 0.222. The maximum atomic E-state index is 12.2. The lowest BCUT2D eigenvalue weighted by molar-refractivity contribution is -0.114. The van der Waals surface area contributed by atoms with E-state index in [4.69, 9.17) is 4.74 Å². The molecule has 2 aromatic carbocycles. The van der Waals surface area contributed by atoms with Crippen LogP contribution in [0.2, 0.25) is 0 Å². The summed E-state index contributed by atoms with van der Waals surface area (Å²) in [6.07, 6.45) is 0. The second kappa shape index (κ2) is 8.92. The second-order valence-corrected chi connectivity index (χ2v) is 7.28. The first-order valence-corrected chi connectivity index (χ1v) is 9.31. The summed E-state index contributed by atoms with van der Waals surface area (Å²) in [5, 5.41) is 5.52. The fourth-order valence-electron chi connectivity index (χ4n) is 2.19. The van der Waals surface area contributed by atoms with Crippen molar-refractivity contribution in [1.29, 1.82) is 0 Å². The number of rotatable bonds is 6. The van der Waals surface area contributed by atoms with E-state index in [0.717, 1.165) is 14.9 Å². The van der Waals surface area contributed by atoms with Gasteiger partial charge in [0.25, 0.3) is 0 Å². The zero-order chi connectivity index (χ0) is 18.4. The highest BCUT2D eigenvalue weighted by Crippen LogP contribution is 2.29. The van der Waals surface area contributed by atoms with Gasteiger partial charge in [-0.15, -0.1) is 11.8 Å². The normalized spacial score (nSPS) is 10.2. The molecule has 132 valence electrons. The number of benzene rings is 2. The van der Waals surface area contributed by atoms with E-state index >= 15 is 0 Å². The molecule has 0 fully saturated rings. The Morgan fingerprint density at radius 2 is 1.92 bits per heavy atom. The predicted octanol–water partition coefficient (Wildman–Crippen LogP) is 4.46. The largest absolute Gasteiger partial charge is 0.495 e. The zero-order valence-electron chi connectivity index (χ0n) is 14.2. The van der Waals surface area contributed by atoms with Gasteiger partial charge in [0.05, 0.1) is 18.6 Å². The highest BCUT2D eigenvalue weighted by Gasteiger charge is 2.09. The van der Waals surface area contributed by atoms with Crippen LogP contribution in [-0.4, -0.2) is 24.7 Å². The number of halogens is 1. The molecule has 0 aliphatic carbocycles. The minimum atomic E-state index is -0.206. The zero-order valence-corrected chi connectivity index (χ0v) is 16.6. The molecule has 0 aliphatic rings. The Morgan fingerprint density at radius 1 is 1.16 bits per heavy atom.